The number of nitrogens with one attached hydrogen (secondary N) is 2. The Morgan fingerprint density at radius 3 is 2.19 bits per heavy atom. The van der Waals surface area contributed by atoms with Gasteiger partial charge in [-0.25, -0.2) is 0 Å². The van der Waals surface area contributed by atoms with E-state index in [4.69, 9.17) is 4.74 Å². The van der Waals surface area contributed by atoms with Crippen LogP contribution in [0.25, 0.3) is 10.8 Å². The van der Waals surface area contributed by atoms with Gasteiger partial charge >= 0.3 is 0 Å². The SMILES string of the molecule is CC(C)C(=O)Nc1ccc(NC(=O)COc2cccc3ccccc23)cc1. The van der Waals surface area contributed by atoms with Crippen molar-refractivity contribution in [2.24, 2.45) is 5.92 Å². The molecule has 0 aromatic heterocycles. The molecule has 0 heterocycles. The molecule has 5 nitrogen and oxygen atoms in total. The molecule has 0 saturated carbocycles. The van der Waals surface area contributed by atoms with Gasteiger partial charge in [-0.1, -0.05) is 50.2 Å². The fraction of sp³-hybridized carbons (Fsp3) is 0.182. The van der Waals surface area contributed by atoms with E-state index in [0.29, 0.717) is 17.1 Å². The van der Waals surface area contributed by atoms with Gasteiger partial charge < -0.3 is 15.4 Å². The molecule has 5 heteroatoms. The number of hydrogen-bond donors (Lipinski definition) is 2. The Labute approximate surface area is 158 Å². The Morgan fingerprint density at radius 1 is 0.852 bits per heavy atom. The summed E-state index contributed by atoms with van der Waals surface area (Å²) in [6.07, 6.45) is 0. The highest BCUT2D eigenvalue weighted by molar-refractivity contribution is 5.94. The highest BCUT2D eigenvalue weighted by Gasteiger charge is 2.08. The fourth-order valence-corrected chi connectivity index (χ4v) is 2.59. The summed E-state index contributed by atoms with van der Waals surface area (Å²) in [6, 6.07) is 20.6. The summed E-state index contributed by atoms with van der Waals surface area (Å²) in [5.41, 5.74) is 1.34. The van der Waals surface area contributed by atoms with Crippen molar-refractivity contribution < 1.29 is 14.3 Å². The molecule has 0 bridgehead atoms. The Morgan fingerprint density at radius 2 is 1.48 bits per heavy atom. The van der Waals surface area contributed by atoms with E-state index in [-0.39, 0.29) is 24.3 Å². The molecule has 0 aliphatic heterocycles. The van der Waals surface area contributed by atoms with Crippen molar-refractivity contribution in [3.63, 3.8) is 0 Å². The van der Waals surface area contributed by atoms with Crippen molar-refractivity contribution in [2.75, 3.05) is 17.2 Å². The van der Waals surface area contributed by atoms with E-state index in [0.717, 1.165) is 10.8 Å². The van der Waals surface area contributed by atoms with Gasteiger partial charge in [0.1, 0.15) is 5.75 Å². The number of amides is 2. The summed E-state index contributed by atoms with van der Waals surface area (Å²) < 4.78 is 5.69. The number of carbonyl (C=O) groups excluding carboxylic acids is 2. The van der Waals surface area contributed by atoms with Gasteiger partial charge in [-0.2, -0.15) is 0 Å². The molecule has 0 spiro atoms. The van der Waals surface area contributed by atoms with Gasteiger partial charge in [-0.15, -0.1) is 0 Å². The lowest BCUT2D eigenvalue weighted by atomic mass is 10.1. The standard InChI is InChI=1S/C22H22N2O3/c1-15(2)22(26)24-18-12-10-17(11-13-18)23-21(25)14-27-20-9-5-7-16-6-3-4-8-19(16)20/h3-13,15H,14H2,1-2H3,(H,23,25)(H,24,26). The predicted octanol–water partition coefficient (Wildman–Crippen LogP) is 4.45. The second-order valence-corrected chi connectivity index (χ2v) is 6.54. The zero-order valence-corrected chi connectivity index (χ0v) is 15.4. The van der Waals surface area contributed by atoms with E-state index in [2.05, 4.69) is 10.6 Å². The topological polar surface area (TPSA) is 67.4 Å². The van der Waals surface area contributed by atoms with E-state index >= 15 is 0 Å². The average Bonchev–Trinajstić information content (AvgIpc) is 2.67. The van der Waals surface area contributed by atoms with Gasteiger partial charge in [0.2, 0.25) is 5.91 Å². The van der Waals surface area contributed by atoms with Crippen molar-refractivity contribution in [3.05, 3.63) is 66.7 Å². The van der Waals surface area contributed by atoms with Crippen LogP contribution in [-0.2, 0) is 9.59 Å². The second kappa shape index (κ2) is 8.36. The fourth-order valence-electron chi connectivity index (χ4n) is 2.59. The van der Waals surface area contributed by atoms with E-state index in [9.17, 15) is 9.59 Å². The van der Waals surface area contributed by atoms with Gasteiger partial charge in [0.15, 0.2) is 6.61 Å². The largest absolute Gasteiger partial charge is 0.483 e. The molecule has 0 atom stereocenters. The predicted molar refractivity (Wildman–Crippen MR) is 108 cm³/mol. The van der Waals surface area contributed by atoms with Gasteiger partial charge in [-0.05, 0) is 35.7 Å². The molecule has 3 rings (SSSR count). The molecule has 3 aromatic carbocycles. The molecular weight excluding hydrogens is 340 g/mol. The van der Waals surface area contributed by atoms with Crippen LogP contribution in [-0.4, -0.2) is 18.4 Å². The lowest BCUT2D eigenvalue weighted by molar-refractivity contribution is -0.119. The van der Waals surface area contributed by atoms with Crippen LogP contribution in [0, 0.1) is 5.92 Å². The number of fused-ring (bicyclic) bond motifs is 1. The molecule has 0 saturated heterocycles. The van der Waals surface area contributed by atoms with Crippen LogP contribution < -0.4 is 15.4 Å². The van der Waals surface area contributed by atoms with Crippen LogP contribution >= 0.6 is 0 Å². The van der Waals surface area contributed by atoms with Crippen molar-refractivity contribution in [1.29, 1.82) is 0 Å². The van der Waals surface area contributed by atoms with Crippen LogP contribution in [0.5, 0.6) is 5.75 Å². The Kier molecular flexibility index (Phi) is 5.71. The van der Waals surface area contributed by atoms with Crippen LogP contribution in [0.1, 0.15) is 13.8 Å². The van der Waals surface area contributed by atoms with Crippen molar-refractivity contribution in [2.45, 2.75) is 13.8 Å². The molecule has 0 aliphatic carbocycles. The normalized spacial score (nSPS) is 10.6. The first kappa shape index (κ1) is 18.5. The highest BCUT2D eigenvalue weighted by atomic mass is 16.5. The van der Waals surface area contributed by atoms with E-state index < -0.39 is 0 Å². The summed E-state index contributed by atoms with van der Waals surface area (Å²) in [5, 5.41) is 7.63. The minimum atomic E-state index is -0.248. The Bertz CT molecular complexity index is 944. The molecule has 0 unspecified atom stereocenters. The zero-order chi connectivity index (χ0) is 19.2. The maximum atomic E-state index is 12.2. The zero-order valence-electron chi connectivity index (χ0n) is 15.4. The summed E-state index contributed by atoms with van der Waals surface area (Å²) >= 11 is 0. The number of ether oxygens (including phenoxy) is 1. The highest BCUT2D eigenvalue weighted by Crippen LogP contribution is 2.25. The first-order chi connectivity index (χ1) is 13.0. The lowest BCUT2D eigenvalue weighted by Crippen LogP contribution is -2.20. The summed E-state index contributed by atoms with van der Waals surface area (Å²) in [6.45, 7) is 3.58. The minimum absolute atomic E-state index is 0.0460. The monoisotopic (exact) mass is 362 g/mol. The first-order valence-corrected chi connectivity index (χ1v) is 8.84. The van der Waals surface area contributed by atoms with Gasteiger partial charge in [0, 0.05) is 22.7 Å². The number of rotatable bonds is 6. The van der Waals surface area contributed by atoms with Crippen molar-refractivity contribution in [1.82, 2.24) is 0 Å². The molecule has 2 amide bonds. The molecule has 2 N–H and O–H groups in total. The number of anilines is 2. The molecule has 3 aromatic rings. The smallest absolute Gasteiger partial charge is 0.262 e. The second-order valence-electron chi connectivity index (χ2n) is 6.54. The van der Waals surface area contributed by atoms with Crippen molar-refractivity contribution >= 4 is 34.0 Å². The maximum Gasteiger partial charge on any atom is 0.262 e. The van der Waals surface area contributed by atoms with Gasteiger partial charge in [-0.3, -0.25) is 9.59 Å². The Hall–Kier alpha value is -3.34. The third kappa shape index (κ3) is 4.85. The number of carbonyl (C=O) groups is 2. The lowest BCUT2D eigenvalue weighted by Gasteiger charge is -2.11. The van der Waals surface area contributed by atoms with Crippen LogP contribution in [0.2, 0.25) is 0 Å². The van der Waals surface area contributed by atoms with E-state index in [1.54, 1.807) is 24.3 Å². The van der Waals surface area contributed by atoms with E-state index in [1.807, 2.05) is 56.3 Å². The first-order valence-electron chi connectivity index (χ1n) is 8.84. The molecule has 0 fully saturated rings. The summed E-state index contributed by atoms with van der Waals surface area (Å²) in [4.78, 5) is 23.9. The average molecular weight is 362 g/mol. The molecule has 27 heavy (non-hydrogen) atoms. The number of hydrogen-bond acceptors (Lipinski definition) is 3. The third-order valence-electron chi connectivity index (χ3n) is 4.07. The van der Waals surface area contributed by atoms with Gasteiger partial charge in [0.05, 0.1) is 0 Å². The summed E-state index contributed by atoms with van der Waals surface area (Å²) in [7, 11) is 0. The summed E-state index contributed by atoms with van der Waals surface area (Å²) in [5.74, 6) is 0.294. The van der Waals surface area contributed by atoms with Gasteiger partial charge in [0.25, 0.3) is 5.91 Å². The molecule has 138 valence electrons. The Balaban J connectivity index is 1.57. The third-order valence-corrected chi connectivity index (χ3v) is 4.07. The van der Waals surface area contributed by atoms with Crippen LogP contribution in [0.4, 0.5) is 11.4 Å². The molecule has 0 aliphatic rings. The molecular formula is C22H22N2O3. The van der Waals surface area contributed by atoms with Crippen LogP contribution in [0.15, 0.2) is 66.7 Å². The molecule has 0 radical (unpaired) electrons. The quantitative estimate of drug-likeness (QED) is 0.681. The van der Waals surface area contributed by atoms with Crippen LogP contribution in [0.3, 0.4) is 0 Å². The van der Waals surface area contributed by atoms with Crippen molar-refractivity contribution in [3.8, 4) is 5.75 Å². The van der Waals surface area contributed by atoms with E-state index in [1.165, 1.54) is 0 Å². The maximum absolute atomic E-state index is 12.2. The minimum Gasteiger partial charge on any atom is -0.483 e. The number of benzene rings is 3.